The predicted octanol–water partition coefficient (Wildman–Crippen LogP) is 2.77. The van der Waals surface area contributed by atoms with Crippen LogP contribution in [0.3, 0.4) is 0 Å². The second kappa shape index (κ2) is 4.07. The standard InChI is InChI=1S/C10H9ClO/c1-8-2-4-9(5-3-8)6-7-10(11)12/h2-7H,1H3/b7-6-. The van der Waals surface area contributed by atoms with Crippen molar-refractivity contribution < 1.29 is 4.79 Å². The average molecular weight is 181 g/mol. The van der Waals surface area contributed by atoms with Crippen molar-refractivity contribution in [1.82, 2.24) is 0 Å². The molecule has 1 aromatic rings. The minimum absolute atomic E-state index is 0.449. The molecule has 2 heteroatoms. The van der Waals surface area contributed by atoms with E-state index in [2.05, 4.69) is 0 Å². The van der Waals surface area contributed by atoms with Crippen LogP contribution in [0.25, 0.3) is 6.08 Å². The molecular weight excluding hydrogens is 172 g/mol. The molecule has 0 spiro atoms. The molecule has 0 aliphatic carbocycles. The highest BCUT2D eigenvalue weighted by Crippen LogP contribution is 2.05. The first-order valence-corrected chi connectivity index (χ1v) is 4.00. The van der Waals surface area contributed by atoms with E-state index in [1.54, 1.807) is 6.08 Å². The van der Waals surface area contributed by atoms with E-state index in [9.17, 15) is 4.79 Å². The largest absolute Gasteiger partial charge is 0.276 e. The Balaban J connectivity index is 2.77. The van der Waals surface area contributed by atoms with Crippen molar-refractivity contribution in [2.24, 2.45) is 0 Å². The highest BCUT2D eigenvalue weighted by atomic mass is 35.5. The van der Waals surface area contributed by atoms with E-state index in [0.29, 0.717) is 0 Å². The maximum atomic E-state index is 10.4. The maximum absolute atomic E-state index is 10.4. The Hall–Kier alpha value is -1.08. The summed E-state index contributed by atoms with van der Waals surface area (Å²) in [7, 11) is 0. The zero-order chi connectivity index (χ0) is 8.97. The highest BCUT2D eigenvalue weighted by molar-refractivity contribution is 6.66. The van der Waals surface area contributed by atoms with E-state index in [1.807, 2.05) is 31.2 Å². The monoisotopic (exact) mass is 180 g/mol. The molecule has 1 nitrogen and oxygen atoms in total. The zero-order valence-electron chi connectivity index (χ0n) is 6.75. The summed E-state index contributed by atoms with van der Waals surface area (Å²) in [4.78, 5) is 10.4. The van der Waals surface area contributed by atoms with Crippen LogP contribution in [-0.2, 0) is 4.79 Å². The summed E-state index contributed by atoms with van der Waals surface area (Å²) >= 11 is 5.13. The molecule has 0 fully saturated rings. The third-order valence-electron chi connectivity index (χ3n) is 1.48. The number of carbonyl (C=O) groups excluding carboxylic acids is 1. The van der Waals surface area contributed by atoms with E-state index in [4.69, 9.17) is 11.6 Å². The third kappa shape index (κ3) is 2.89. The molecule has 0 bridgehead atoms. The molecule has 0 saturated heterocycles. The predicted molar refractivity (Wildman–Crippen MR) is 51.1 cm³/mol. The van der Waals surface area contributed by atoms with Gasteiger partial charge in [0.15, 0.2) is 0 Å². The van der Waals surface area contributed by atoms with Gasteiger partial charge in [0.25, 0.3) is 0 Å². The lowest BCUT2D eigenvalue weighted by Gasteiger charge is -1.92. The molecule has 0 radical (unpaired) electrons. The molecule has 62 valence electrons. The Kier molecular flexibility index (Phi) is 3.06. The van der Waals surface area contributed by atoms with Gasteiger partial charge in [-0.3, -0.25) is 4.79 Å². The Bertz CT molecular complexity index is 298. The maximum Gasteiger partial charge on any atom is 0.245 e. The molecule has 0 aromatic heterocycles. The molecule has 0 amide bonds. The fourth-order valence-electron chi connectivity index (χ4n) is 0.839. The quantitative estimate of drug-likeness (QED) is 0.505. The minimum atomic E-state index is -0.449. The third-order valence-corrected chi connectivity index (χ3v) is 1.61. The highest BCUT2D eigenvalue weighted by Gasteiger charge is 1.88. The van der Waals surface area contributed by atoms with Crippen LogP contribution in [0.5, 0.6) is 0 Å². The van der Waals surface area contributed by atoms with Gasteiger partial charge in [-0.1, -0.05) is 35.9 Å². The van der Waals surface area contributed by atoms with Gasteiger partial charge in [0.05, 0.1) is 0 Å². The van der Waals surface area contributed by atoms with Gasteiger partial charge in [0, 0.05) is 0 Å². The lowest BCUT2D eigenvalue weighted by atomic mass is 10.1. The molecule has 0 saturated carbocycles. The van der Waals surface area contributed by atoms with Crippen LogP contribution in [0.2, 0.25) is 0 Å². The molecule has 0 unspecified atom stereocenters. The van der Waals surface area contributed by atoms with E-state index < -0.39 is 5.24 Å². The minimum Gasteiger partial charge on any atom is -0.276 e. The van der Waals surface area contributed by atoms with Crippen molar-refractivity contribution in [2.75, 3.05) is 0 Å². The number of halogens is 1. The van der Waals surface area contributed by atoms with Crippen molar-refractivity contribution in [3.63, 3.8) is 0 Å². The van der Waals surface area contributed by atoms with Crippen LogP contribution in [0.15, 0.2) is 30.3 Å². The van der Waals surface area contributed by atoms with Crippen LogP contribution >= 0.6 is 11.6 Å². The number of allylic oxidation sites excluding steroid dienone is 1. The number of aryl methyl sites for hydroxylation is 1. The Morgan fingerprint density at radius 3 is 2.42 bits per heavy atom. The molecular formula is C10H9ClO. The number of carbonyl (C=O) groups is 1. The Morgan fingerprint density at radius 2 is 1.92 bits per heavy atom. The number of hydrogen-bond acceptors (Lipinski definition) is 1. The van der Waals surface area contributed by atoms with Crippen LogP contribution in [-0.4, -0.2) is 5.24 Å². The molecule has 0 aliphatic heterocycles. The summed E-state index contributed by atoms with van der Waals surface area (Å²) in [6.07, 6.45) is 3.03. The van der Waals surface area contributed by atoms with Gasteiger partial charge < -0.3 is 0 Å². The second-order valence-corrected chi connectivity index (χ2v) is 2.92. The van der Waals surface area contributed by atoms with E-state index in [0.717, 1.165) is 5.56 Å². The Morgan fingerprint density at radius 1 is 1.33 bits per heavy atom. The van der Waals surface area contributed by atoms with Crippen molar-refractivity contribution >= 4 is 22.9 Å². The van der Waals surface area contributed by atoms with Gasteiger partial charge in [-0.25, -0.2) is 0 Å². The second-order valence-electron chi connectivity index (χ2n) is 2.55. The molecule has 1 rings (SSSR count). The van der Waals surface area contributed by atoms with Crippen molar-refractivity contribution in [3.05, 3.63) is 41.5 Å². The molecule has 0 N–H and O–H groups in total. The van der Waals surface area contributed by atoms with E-state index in [-0.39, 0.29) is 0 Å². The smallest absolute Gasteiger partial charge is 0.245 e. The molecule has 1 aromatic carbocycles. The zero-order valence-corrected chi connectivity index (χ0v) is 7.51. The summed E-state index contributed by atoms with van der Waals surface area (Å²) in [6.45, 7) is 2.01. The normalized spacial score (nSPS) is 10.5. The SMILES string of the molecule is Cc1ccc(/C=C\C(=O)Cl)cc1. The van der Waals surface area contributed by atoms with E-state index >= 15 is 0 Å². The first-order chi connectivity index (χ1) is 5.68. The average Bonchev–Trinajstić information content (AvgIpc) is 2.03. The number of hydrogen-bond donors (Lipinski definition) is 0. The lowest BCUT2D eigenvalue weighted by Crippen LogP contribution is -1.77. The topological polar surface area (TPSA) is 17.1 Å². The van der Waals surface area contributed by atoms with Crippen LogP contribution in [0.4, 0.5) is 0 Å². The summed E-state index contributed by atoms with van der Waals surface area (Å²) in [5.74, 6) is 0. The van der Waals surface area contributed by atoms with Gasteiger partial charge in [0.2, 0.25) is 5.24 Å². The fraction of sp³-hybridized carbons (Fsp3) is 0.100. The van der Waals surface area contributed by atoms with Crippen LogP contribution < -0.4 is 0 Å². The van der Waals surface area contributed by atoms with Gasteiger partial charge >= 0.3 is 0 Å². The van der Waals surface area contributed by atoms with Gasteiger partial charge in [-0.05, 0) is 30.2 Å². The molecule has 0 aliphatic rings. The van der Waals surface area contributed by atoms with Crippen LogP contribution in [0, 0.1) is 6.92 Å². The van der Waals surface area contributed by atoms with E-state index in [1.165, 1.54) is 11.6 Å². The lowest BCUT2D eigenvalue weighted by molar-refractivity contribution is -0.107. The number of rotatable bonds is 2. The molecule has 12 heavy (non-hydrogen) atoms. The molecule has 0 heterocycles. The van der Waals surface area contributed by atoms with Crippen molar-refractivity contribution in [1.29, 1.82) is 0 Å². The summed E-state index contributed by atoms with van der Waals surface area (Å²) < 4.78 is 0. The van der Waals surface area contributed by atoms with Gasteiger partial charge in [0.1, 0.15) is 0 Å². The van der Waals surface area contributed by atoms with Crippen LogP contribution in [0.1, 0.15) is 11.1 Å². The first-order valence-electron chi connectivity index (χ1n) is 3.63. The Labute approximate surface area is 76.7 Å². The summed E-state index contributed by atoms with van der Waals surface area (Å²) in [5.41, 5.74) is 2.18. The van der Waals surface area contributed by atoms with Gasteiger partial charge in [-0.15, -0.1) is 0 Å². The summed E-state index contributed by atoms with van der Waals surface area (Å²) in [6, 6.07) is 7.84. The van der Waals surface area contributed by atoms with Crippen molar-refractivity contribution in [3.8, 4) is 0 Å². The number of benzene rings is 1. The molecule has 0 atom stereocenters. The van der Waals surface area contributed by atoms with Crippen molar-refractivity contribution in [2.45, 2.75) is 6.92 Å². The van der Waals surface area contributed by atoms with Gasteiger partial charge in [-0.2, -0.15) is 0 Å². The summed E-state index contributed by atoms with van der Waals surface area (Å²) in [5, 5.41) is -0.449. The fourth-order valence-corrected chi connectivity index (χ4v) is 0.902. The first kappa shape index (κ1) is 9.01.